The molecular weight excluding hydrogens is 539 g/mol. The molecule has 1 aliphatic heterocycles. The summed E-state index contributed by atoms with van der Waals surface area (Å²) in [6.45, 7) is -0.670. The third-order valence-corrected chi connectivity index (χ3v) is 8.96. The van der Waals surface area contributed by atoms with Gasteiger partial charge in [-0.05, 0) is 37.1 Å². The number of ether oxygens (including phenoxy) is 1. The van der Waals surface area contributed by atoms with Crippen LogP contribution < -0.4 is 5.32 Å². The molecule has 13 heteroatoms. The average Bonchev–Trinajstić information content (AvgIpc) is 3.47. The SMILES string of the molecule is N#CC1(NC(=O)O[C@H]2C[C@@H](S(=O)(=O)c3ccccc3Cl)CN2C(=O)C(F)(F)c2ccc(Cl)cc2)CC1. The van der Waals surface area contributed by atoms with Gasteiger partial charge in [0, 0.05) is 23.6 Å². The molecule has 0 aromatic heterocycles. The molecule has 0 radical (unpaired) electrons. The van der Waals surface area contributed by atoms with Crippen LogP contribution in [0.2, 0.25) is 10.0 Å². The number of rotatable bonds is 6. The molecule has 2 amide bonds. The Labute approximate surface area is 215 Å². The molecule has 36 heavy (non-hydrogen) atoms. The van der Waals surface area contributed by atoms with Crippen LogP contribution in [0.25, 0.3) is 0 Å². The minimum atomic E-state index is -4.20. The third kappa shape index (κ3) is 4.98. The maximum absolute atomic E-state index is 15.2. The zero-order valence-electron chi connectivity index (χ0n) is 18.5. The highest BCUT2D eigenvalue weighted by atomic mass is 35.5. The van der Waals surface area contributed by atoms with E-state index in [1.165, 1.54) is 36.4 Å². The molecule has 2 atom stereocenters. The van der Waals surface area contributed by atoms with Crippen molar-refractivity contribution >= 4 is 45.0 Å². The molecule has 2 aliphatic rings. The fraction of sp³-hybridized carbons (Fsp3) is 0.348. The van der Waals surface area contributed by atoms with E-state index in [9.17, 15) is 23.3 Å². The minimum absolute atomic E-state index is 0.0753. The average molecular weight is 558 g/mol. The normalized spacial score (nSPS) is 20.9. The number of carbonyl (C=O) groups is 2. The van der Waals surface area contributed by atoms with Gasteiger partial charge in [-0.25, -0.2) is 13.2 Å². The van der Waals surface area contributed by atoms with Crippen molar-refractivity contribution in [3.63, 3.8) is 0 Å². The lowest BCUT2D eigenvalue weighted by Crippen LogP contribution is -2.48. The van der Waals surface area contributed by atoms with Crippen LogP contribution in [-0.2, 0) is 25.3 Å². The van der Waals surface area contributed by atoms with Gasteiger partial charge in [0.25, 0.3) is 0 Å². The summed E-state index contributed by atoms with van der Waals surface area (Å²) in [4.78, 5) is 25.7. The van der Waals surface area contributed by atoms with Crippen molar-refractivity contribution < 1.29 is 31.5 Å². The number of nitriles is 1. The highest BCUT2D eigenvalue weighted by Crippen LogP contribution is 2.38. The smallest absolute Gasteiger partial charge is 0.410 e. The van der Waals surface area contributed by atoms with Crippen molar-refractivity contribution in [2.24, 2.45) is 0 Å². The Morgan fingerprint density at radius 2 is 1.78 bits per heavy atom. The molecule has 1 N–H and O–H groups in total. The van der Waals surface area contributed by atoms with Crippen LogP contribution in [0.15, 0.2) is 53.4 Å². The van der Waals surface area contributed by atoms with Gasteiger partial charge in [-0.1, -0.05) is 47.5 Å². The van der Waals surface area contributed by atoms with Crippen LogP contribution >= 0.6 is 23.2 Å². The third-order valence-electron chi connectivity index (χ3n) is 6.08. The van der Waals surface area contributed by atoms with Gasteiger partial charge in [-0.15, -0.1) is 0 Å². The predicted molar refractivity (Wildman–Crippen MR) is 125 cm³/mol. The molecule has 2 aromatic rings. The number of alkyl carbamates (subject to hydrolysis) is 1. The van der Waals surface area contributed by atoms with E-state index in [2.05, 4.69) is 5.32 Å². The van der Waals surface area contributed by atoms with Gasteiger partial charge in [0.05, 0.1) is 21.2 Å². The van der Waals surface area contributed by atoms with Crippen LogP contribution in [0.5, 0.6) is 0 Å². The molecule has 8 nitrogen and oxygen atoms in total. The molecule has 2 aromatic carbocycles. The van der Waals surface area contributed by atoms with Crippen molar-refractivity contribution in [2.75, 3.05) is 6.54 Å². The fourth-order valence-corrected chi connectivity index (χ4v) is 6.20. The molecule has 0 spiro atoms. The first-order valence-electron chi connectivity index (χ1n) is 10.7. The van der Waals surface area contributed by atoms with E-state index in [0.717, 1.165) is 12.1 Å². The van der Waals surface area contributed by atoms with Crippen LogP contribution in [0.4, 0.5) is 13.6 Å². The van der Waals surface area contributed by atoms with Crippen molar-refractivity contribution in [2.45, 2.75) is 47.1 Å². The van der Waals surface area contributed by atoms with Crippen molar-refractivity contribution in [1.29, 1.82) is 5.26 Å². The Hall–Kier alpha value is -2.94. The lowest BCUT2D eigenvalue weighted by atomic mass is 10.1. The first-order valence-corrected chi connectivity index (χ1v) is 13.0. The van der Waals surface area contributed by atoms with Gasteiger partial charge in [0.2, 0.25) is 0 Å². The van der Waals surface area contributed by atoms with Crippen molar-refractivity contribution in [1.82, 2.24) is 10.2 Å². The molecule has 0 unspecified atom stereocenters. The standard InChI is InChI=1S/C23H19Cl2F2N3O5S/c24-15-7-5-14(6-8-15)23(26,27)20(31)30-12-16(36(33,34)18-4-2-1-3-17(18)25)11-19(30)35-21(32)29-22(13-28)9-10-22/h1-8,16,19H,9-12H2,(H,29,32)/t16-,19+/m1/s1. The van der Waals surface area contributed by atoms with Gasteiger partial charge in [-0.2, -0.15) is 14.0 Å². The maximum atomic E-state index is 15.2. The molecule has 1 saturated carbocycles. The molecular formula is C23H19Cl2F2N3O5S. The topological polar surface area (TPSA) is 117 Å². The monoisotopic (exact) mass is 557 g/mol. The number of sulfone groups is 1. The Kier molecular flexibility index (Phi) is 6.90. The van der Waals surface area contributed by atoms with Crippen molar-refractivity contribution in [3.8, 4) is 6.07 Å². The summed E-state index contributed by atoms with van der Waals surface area (Å²) in [6.07, 6.45) is -2.47. The molecule has 2 fully saturated rings. The number of benzene rings is 2. The fourth-order valence-electron chi connectivity index (χ4n) is 3.87. The Morgan fingerprint density at radius 1 is 1.14 bits per heavy atom. The number of carbonyl (C=O) groups excluding carboxylic acids is 2. The van der Waals surface area contributed by atoms with E-state index in [1.54, 1.807) is 0 Å². The van der Waals surface area contributed by atoms with E-state index in [0.29, 0.717) is 17.7 Å². The number of nitrogens with zero attached hydrogens (tertiary/aromatic N) is 2. The highest BCUT2D eigenvalue weighted by molar-refractivity contribution is 7.92. The molecule has 1 aliphatic carbocycles. The minimum Gasteiger partial charge on any atom is -0.425 e. The van der Waals surface area contributed by atoms with Gasteiger partial charge >= 0.3 is 17.9 Å². The second kappa shape index (κ2) is 9.50. The Balaban J connectivity index is 1.64. The Bertz CT molecular complexity index is 1340. The molecule has 0 bridgehead atoms. The number of nitrogens with one attached hydrogen (secondary N) is 1. The first-order chi connectivity index (χ1) is 16.9. The number of hydrogen-bond acceptors (Lipinski definition) is 6. The maximum Gasteiger partial charge on any atom is 0.410 e. The Morgan fingerprint density at radius 3 is 2.36 bits per heavy atom. The highest BCUT2D eigenvalue weighted by Gasteiger charge is 2.53. The van der Waals surface area contributed by atoms with E-state index in [-0.39, 0.29) is 14.9 Å². The van der Waals surface area contributed by atoms with Crippen LogP contribution in [0.1, 0.15) is 24.8 Å². The van der Waals surface area contributed by atoms with E-state index >= 15 is 8.78 Å². The summed E-state index contributed by atoms with van der Waals surface area (Å²) in [5.41, 5.74) is -1.79. The number of hydrogen-bond donors (Lipinski definition) is 1. The van der Waals surface area contributed by atoms with Gasteiger partial charge in [0.15, 0.2) is 16.1 Å². The summed E-state index contributed by atoms with van der Waals surface area (Å²) < 4.78 is 62.1. The zero-order chi connectivity index (χ0) is 26.3. The number of alkyl halides is 2. The van der Waals surface area contributed by atoms with Crippen LogP contribution in [0, 0.1) is 11.3 Å². The van der Waals surface area contributed by atoms with Gasteiger partial charge in [0.1, 0.15) is 5.54 Å². The zero-order valence-corrected chi connectivity index (χ0v) is 20.8. The van der Waals surface area contributed by atoms with Crippen LogP contribution in [0.3, 0.4) is 0 Å². The summed E-state index contributed by atoms with van der Waals surface area (Å²) >= 11 is 11.8. The lowest BCUT2D eigenvalue weighted by molar-refractivity contribution is -0.166. The summed E-state index contributed by atoms with van der Waals surface area (Å²) in [5, 5.41) is 10.2. The predicted octanol–water partition coefficient (Wildman–Crippen LogP) is 4.27. The van der Waals surface area contributed by atoms with E-state index < -0.39 is 63.3 Å². The summed E-state index contributed by atoms with van der Waals surface area (Å²) in [6, 6.07) is 11.8. The molecule has 1 saturated heterocycles. The summed E-state index contributed by atoms with van der Waals surface area (Å²) in [7, 11) is -4.20. The number of amides is 2. The molecule has 190 valence electrons. The number of likely N-dealkylation sites (tertiary alicyclic amines) is 1. The quantitative estimate of drug-likeness (QED) is 0.566. The second-order valence-electron chi connectivity index (χ2n) is 8.55. The van der Waals surface area contributed by atoms with Gasteiger partial charge in [-0.3, -0.25) is 9.69 Å². The largest absolute Gasteiger partial charge is 0.425 e. The van der Waals surface area contributed by atoms with Crippen LogP contribution in [-0.4, -0.2) is 48.9 Å². The van der Waals surface area contributed by atoms with Crippen molar-refractivity contribution in [3.05, 3.63) is 64.1 Å². The van der Waals surface area contributed by atoms with E-state index in [1.807, 2.05) is 6.07 Å². The van der Waals surface area contributed by atoms with E-state index in [4.69, 9.17) is 27.9 Å². The molecule has 4 rings (SSSR count). The summed E-state index contributed by atoms with van der Waals surface area (Å²) in [5.74, 6) is -5.82. The molecule has 1 heterocycles. The lowest BCUT2D eigenvalue weighted by Gasteiger charge is -2.28. The number of halogens is 4. The second-order valence-corrected chi connectivity index (χ2v) is 11.6. The van der Waals surface area contributed by atoms with Gasteiger partial charge < -0.3 is 10.1 Å². The first kappa shape index (κ1) is 26.1.